The number of imidazole rings is 1. The molecule has 3 aromatic rings. The van der Waals surface area contributed by atoms with Crippen LogP contribution in [-0.4, -0.2) is 48.5 Å². The number of aliphatic hydroxyl groups excluding tert-OH is 2. The number of rotatable bonds is 5. The summed E-state index contributed by atoms with van der Waals surface area (Å²) >= 11 is 0. The SMILES string of the molecule is OC[C@H]1O[C@@H](n2cnc3c(NCc4ccco4)ncnc32)CC1O. The number of aliphatic hydroxyl groups is 2. The summed E-state index contributed by atoms with van der Waals surface area (Å²) in [6.45, 7) is 0.256. The van der Waals surface area contributed by atoms with Gasteiger partial charge < -0.3 is 24.7 Å². The lowest BCUT2D eigenvalue weighted by molar-refractivity contribution is -0.0432. The van der Waals surface area contributed by atoms with Crippen LogP contribution in [0.1, 0.15) is 18.4 Å². The smallest absolute Gasteiger partial charge is 0.167 e. The van der Waals surface area contributed by atoms with Crippen molar-refractivity contribution in [2.24, 2.45) is 0 Å². The molecule has 1 saturated heterocycles. The third kappa shape index (κ3) is 2.62. The number of anilines is 1. The largest absolute Gasteiger partial charge is 0.467 e. The van der Waals surface area contributed by atoms with E-state index >= 15 is 0 Å². The van der Waals surface area contributed by atoms with Gasteiger partial charge in [-0.2, -0.15) is 0 Å². The van der Waals surface area contributed by atoms with Crippen molar-refractivity contribution >= 4 is 17.0 Å². The molecule has 3 aromatic heterocycles. The van der Waals surface area contributed by atoms with E-state index in [1.54, 1.807) is 17.2 Å². The average molecular weight is 331 g/mol. The fraction of sp³-hybridized carbons (Fsp3) is 0.400. The Morgan fingerprint density at radius 3 is 3.00 bits per heavy atom. The maximum Gasteiger partial charge on any atom is 0.167 e. The maximum absolute atomic E-state index is 9.90. The molecule has 4 rings (SSSR count). The lowest BCUT2D eigenvalue weighted by atomic mass is 10.2. The van der Waals surface area contributed by atoms with Gasteiger partial charge in [-0.3, -0.25) is 4.57 Å². The summed E-state index contributed by atoms with van der Waals surface area (Å²) in [5, 5.41) is 22.3. The number of furan rings is 1. The van der Waals surface area contributed by atoms with Crippen LogP contribution >= 0.6 is 0 Å². The Balaban J connectivity index is 1.59. The summed E-state index contributed by atoms with van der Waals surface area (Å²) in [6, 6.07) is 3.69. The maximum atomic E-state index is 9.90. The Morgan fingerprint density at radius 2 is 2.25 bits per heavy atom. The van der Waals surface area contributed by atoms with Crippen molar-refractivity contribution in [2.45, 2.75) is 31.4 Å². The second-order valence-electron chi connectivity index (χ2n) is 5.59. The van der Waals surface area contributed by atoms with E-state index in [1.165, 1.54) is 6.33 Å². The minimum Gasteiger partial charge on any atom is -0.467 e. The first-order valence-electron chi connectivity index (χ1n) is 7.64. The van der Waals surface area contributed by atoms with Gasteiger partial charge in [-0.25, -0.2) is 15.0 Å². The molecule has 0 bridgehead atoms. The zero-order valence-corrected chi connectivity index (χ0v) is 12.7. The molecule has 9 nitrogen and oxygen atoms in total. The van der Waals surface area contributed by atoms with Crippen LogP contribution in [0.15, 0.2) is 35.5 Å². The molecule has 0 aliphatic carbocycles. The minimum atomic E-state index is -0.712. The highest BCUT2D eigenvalue weighted by Crippen LogP contribution is 2.31. The summed E-state index contributed by atoms with van der Waals surface area (Å²) in [4.78, 5) is 12.9. The van der Waals surface area contributed by atoms with Gasteiger partial charge in [-0.15, -0.1) is 0 Å². The molecule has 0 radical (unpaired) electrons. The Morgan fingerprint density at radius 1 is 1.33 bits per heavy atom. The van der Waals surface area contributed by atoms with E-state index in [0.29, 0.717) is 29.9 Å². The van der Waals surface area contributed by atoms with E-state index < -0.39 is 18.4 Å². The van der Waals surface area contributed by atoms with Crippen LogP contribution in [0.3, 0.4) is 0 Å². The molecule has 1 unspecified atom stereocenters. The van der Waals surface area contributed by atoms with Crippen LogP contribution in [0, 0.1) is 0 Å². The summed E-state index contributed by atoms with van der Waals surface area (Å²) < 4.78 is 12.7. The Kier molecular flexibility index (Phi) is 3.89. The van der Waals surface area contributed by atoms with Crippen LogP contribution in [0.5, 0.6) is 0 Å². The zero-order chi connectivity index (χ0) is 16.5. The molecular formula is C15H17N5O4. The fourth-order valence-electron chi connectivity index (χ4n) is 2.83. The summed E-state index contributed by atoms with van der Waals surface area (Å²) in [5.41, 5.74) is 1.21. The molecule has 126 valence electrons. The summed E-state index contributed by atoms with van der Waals surface area (Å²) in [5.74, 6) is 1.38. The topological polar surface area (TPSA) is 118 Å². The molecule has 3 N–H and O–H groups in total. The predicted octanol–water partition coefficient (Wildman–Crippen LogP) is 0.672. The first-order chi connectivity index (χ1) is 11.8. The van der Waals surface area contributed by atoms with Gasteiger partial charge in [0.15, 0.2) is 17.0 Å². The Labute approximate surface area is 136 Å². The van der Waals surface area contributed by atoms with E-state index in [4.69, 9.17) is 9.15 Å². The number of aromatic nitrogens is 4. The Bertz CT molecular complexity index is 819. The highest BCUT2D eigenvalue weighted by Gasteiger charge is 2.35. The second-order valence-corrected chi connectivity index (χ2v) is 5.59. The van der Waals surface area contributed by atoms with Crippen molar-refractivity contribution in [3.05, 3.63) is 36.8 Å². The van der Waals surface area contributed by atoms with Gasteiger partial charge in [0.1, 0.15) is 24.4 Å². The van der Waals surface area contributed by atoms with Crippen LogP contribution in [-0.2, 0) is 11.3 Å². The van der Waals surface area contributed by atoms with E-state index in [1.807, 2.05) is 12.1 Å². The van der Waals surface area contributed by atoms with Crippen molar-refractivity contribution in [2.75, 3.05) is 11.9 Å². The first-order valence-corrected chi connectivity index (χ1v) is 7.64. The highest BCUT2D eigenvalue weighted by molar-refractivity contribution is 5.82. The first kappa shape index (κ1) is 15.1. The molecule has 4 heterocycles. The molecule has 24 heavy (non-hydrogen) atoms. The molecule has 1 aliphatic heterocycles. The lowest BCUT2D eigenvalue weighted by Crippen LogP contribution is -2.24. The highest BCUT2D eigenvalue weighted by atomic mass is 16.5. The van der Waals surface area contributed by atoms with E-state index in [0.717, 1.165) is 5.76 Å². The molecule has 1 aliphatic rings. The second kappa shape index (κ2) is 6.19. The third-order valence-electron chi connectivity index (χ3n) is 4.06. The van der Waals surface area contributed by atoms with Gasteiger partial charge >= 0.3 is 0 Å². The quantitative estimate of drug-likeness (QED) is 0.624. The molecule has 9 heteroatoms. The zero-order valence-electron chi connectivity index (χ0n) is 12.7. The predicted molar refractivity (Wildman–Crippen MR) is 83.0 cm³/mol. The standard InChI is InChI=1S/C15H17N5O4/c21-6-11-10(22)4-12(24-11)20-8-19-13-14(17-7-18-15(13)20)16-5-9-2-1-3-23-9/h1-3,7-8,10-12,21-22H,4-6H2,(H,16,17,18)/t10?,11-,12-/m1/s1. The third-order valence-corrected chi connectivity index (χ3v) is 4.06. The number of hydrogen-bond donors (Lipinski definition) is 3. The summed E-state index contributed by atoms with van der Waals surface area (Å²) in [6.07, 6.45) is 3.31. The van der Waals surface area contributed by atoms with Gasteiger partial charge in [0.2, 0.25) is 0 Å². The fourth-order valence-corrected chi connectivity index (χ4v) is 2.83. The van der Waals surface area contributed by atoms with Crippen LogP contribution in [0.25, 0.3) is 11.2 Å². The van der Waals surface area contributed by atoms with Gasteiger partial charge in [0.25, 0.3) is 0 Å². The summed E-state index contributed by atoms with van der Waals surface area (Å²) in [7, 11) is 0. The number of nitrogens with one attached hydrogen (secondary N) is 1. The molecular weight excluding hydrogens is 314 g/mol. The molecule has 1 fully saturated rings. The van der Waals surface area contributed by atoms with Crippen molar-refractivity contribution in [3.8, 4) is 0 Å². The van der Waals surface area contributed by atoms with Crippen molar-refractivity contribution in [1.29, 1.82) is 0 Å². The minimum absolute atomic E-state index is 0.227. The monoisotopic (exact) mass is 331 g/mol. The van der Waals surface area contributed by atoms with Crippen LogP contribution in [0.4, 0.5) is 5.82 Å². The molecule has 0 spiro atoms. The van der Waals surface area contributed by atoms with E-state index in [-0.39, 0.29) is 6.61 Å². The average Bonchev–Trinajstić information content (AvgIpc) is 3.32. The molecule has 0 amide bonds. The normalized spacial score (nSPS) is 23.8. The number of nitrogens with zero attached hydrogens (tertiary/aromatic N) is 4. The van der Waals surface area contributed by atoms with Gasteiger partial charge in [0, 0.05) is 6.42 Å². The number of ether oxygens (including phenoxy) is 1. The van der Waals surface area contributed by atoms with Crippen molar-refractivity contribution in [1.82, 2.24) is 19.5 Å². The van der Waals surface area contributed by atoms with E-state index in [2.05, 4.69) is 20.3 Å². The molecule has 0 aromatic carbocycles. The molecule has 0 saturated carbocycles. The van der Waals surface area contributed by atoms with Gasteiger partial charge in [0.05, 0.1) is 31.8 Å². The Hall–Kier alpha value is -2.49. The van der Waals surface area contributed by atoms with Gasteiger partial charge in [-0.1, -0.05) is 0 Å². The van der Waals surface area contributed by atoms with Crippen LogP contribution in [0.2, 0.25) is 0 Å². The van der Waals surface area contributed by atoms with Crippen molar-refractivity contribution < 1.29 is 19.4 Å². The van der Waals surface area contributed by atoms with Crippen molar-refractivity contribution in [3.63, 3.8) is 0 Å². The van der Waals surface area contributed by atoms with Gasteiger partial charge in [-0.05, 0) is 12.1 Å². The van der Waals surface area contributed by atoms with E-state index in [9.17, 15) is 10.2 Å². The number of hydrogen-bond acceptors (Lipinski definition) is 8. The number of fused-ring (bicyclic) bond motifs is 1. The lowest BCUT2D eigenvalue weighted by Gasteiger charge is -2.13. The molecule has 3 atom stereocenters. The van der Waals surface area contributed by atoms with Crippen LogP contribution < -0.4 is 5.32 Å².